The van der Waals surface area contributed by atoms with Gasteiger partial charge in [0.05, 0.1) is 11.9 Å². The van der Waals surface area contributed by atoms with Gasteiger partial charge in [-0.25, -0.2) is 18.7 Å². The van der Waals surface area contributed by atoms with Gasteiger partial charge in [-0.15, -0.1) is 0 Å². The van der Waals surface area contributed by atoms with Crippen LogP contribution < -0.4 is 0 Å². The minimum absolute atomic E-state index is 0.0690. The quantitative estimate of drug-likeness (QED) is 0.469. The molecule has 1 aliphatic rings. The second-order valence-corrected chi connectivity index (χ2v) is 8.92. The van der Waals surface area contributed by atoms with Crippen LogP contribution in [0.4, 0.5) is 8.78 Å². The van der Waals surface area contributed by atoms with E-state index in [9.17, 15) is 13.6 Å². The molecule has 8 heteroatoms. The van der Waals surface area contributed by atoms with E-state index in [2.05, 4.69) is 14.9 Å². The number of hydrogen-bond donors (Lipinski definition) is 1. The summed E-state index contributed by atoms with van der Waals surface area (Å²) >= 11 is 0. The third-order valence-electron chi connectivity index (χ3n) is 6.32. The highest BCUT2D eigenvalue weighted by Crippen LogP contribution is 2.35. The van der Waals surface area contributed by atoms with Gasteiger partial charge in [-0.1, -0.05) is 12.1 Å². The van der Waals surface area contributed by atoms with Gasteiger partial charge in [0.15, 0.2) is 5.65 Å². The zero-order chi connectivity index (χ0) is 24.0. The number of rotatable bonds is 4. The van der Waals surface area contributed by atoms with Gasteiger partial charge in [-0.05, 0) is 54.4 Å². The number of nitrogens with one attached hydrogen (secondary N) is 1. The molecule has 0 saturated carbocycles. The fraction of sp³-hybridized carbons (Fsp3) is 0.269. The van der Waals surface area contributed by atoms with Crippen molar-refractivity contribution in [1.29, 1.82) is 0 Å². The topological polar surface area (TPSA) is 65.1 Å². The second kappa shape index (κ2) is 8.61. The Bertz CT molecular complexity index is 1380. The van der Waals surface area contributed by atoms with Crippen LogP contribution in [-0.4, -0.2) is 58.3 Å². The van der Waals surface area contributed by atoms with Gasteiger partial charge in [0, 0.05) is 55.6 Å². The number of halogens is 2. The molecule has 2 aromatic carbocycles. The molecule has 0 radical (unpaired) electrons. The van der Waals surface area contributed by atoms with Gasteiger partial charge in [-0.2, -0.15) is 0 Å². The summed E-state index contributed by atoms with van der Waals surface area (Å²) < 4.78 is 27.8. The Balaban J connectivity index is 1.57. The molecule has 0 spiro atoms. The number of likely N-dealkylation sites (N-methyl/N-ethyl adjacent to an activating group) is 1. The predicted molar refractivity (Wildman–Crippen MR) is 128 cm³/mol. The van der Waals surface area contributed by atoms with E-state index >= 15 is 0 Å². The van der Waals surface area contributed by atoms with E-state index < -0.39 is 6.43 Å². The molecule has 34 heavy (non-hydrogen) atoms. The van der Waals surface area contributed by atoms with Gasteiger partial charge < -0.3 is 14.8 Å². The van der Waals surface area contributed by atoms with E-state index in [1.807, 2.05) is 31.4 Å². The first-order valence-corrected chi connectivity index (χ1v) is 11.1. The van der Waals surface area contributed by atoms with Gasteiger partial charge in [0.2, 0.25) is 0 Å². The number of nitrogens with zero attached hydrogens (tertiary/aromatic N) is 4. The highest BCUT2D eigenvalue weighted by Gasteiger charge is 2.23. The van der Waals surface area contributed by atoms with Crippen molar-refractivity contribution in [3.8, 4) is 22.4 Å². The van der Waals surface area contributed by atoms with Crippen LogP contribution in [0.15, 0.2) is 48.8 Å². The van der Waals surface area contributed by atoms with Gasteiger partial charge in [-0.3, -0.25) is 4.79 Å². The fourth-order valence-electron chi connectivity index (χ4n) is 4.52. The molecule has 1 aliphatic heterocycles. The maximum Gasteiger partial charge on any atom is 0.264 e. The van der Waals surface area contributed by atoms with Crippen molar-refractivity contribution in [3.05, 3.63) is 71.0 Å². The number of benzene rings is 2. The third kappa shape index (κ3) is 3.94. The van der Waals surface area contributed by atoms with Crippen LogP contribution >= 0.6 is 0 Å². The molecule has 2 aromatic heterocycles. The first-order chi connectivity index (χ1) is 16.3. The highest BCUT2D eigenvalue weighted by molar-refractivity contribution is 5.96. The van der Waals surface area contributed by atoms with Crippen molar-refractivity contribution >= 4 is 17.1 Å². The van der Waals surface area contributed by atoms with E-state index in [4.69, 9.17) is 4.98 Å². The van der Waals surface area contributed by atoms with E-state index in [1.165, 1.54) is 4.90 Å². The summed E-state index contributed by atoms with van der Waals surface area (Å²) in [6.45, 7) is 1.40. The number of alkyl halides is 2. The molecule has 0 unspecified atom stereocenters. The number of H-pyrrole nitrogens is 1. The molecule has 1 amide bonds. The highest BCUT2D eigenvalue weighted by atomic mass is 19.3. The fourth-order valence-corrected chi connectivity index (χ4v) is 4.52. The lowest BCUT2D eigenvalue weighted by Crippen LogP contribution is -2.27. The lowest BCUT2D eigenvalue weighted by molar-refractivity contribution is 0.0827. The Morgan fingerprint density at radius 1 is 1.15 bits per heavy atom. The van der Waals surface area contributed by atoms with Crippen molar-refractivity contribution in [2.75, 3.05) is 27.7 Å². The maximum absolute atomic E-state index is 13.9. The van der Waals surface area contributed by atoms with E-state index in [0.29, 0.717) is 41.0 Å². The van der Waals surface area contributed by atoms with Gasteiger partial charge in [0.25, 0.3) is 12.3 Å². The van der Waals surface area contributed by atoms with Crippen LogP contribution in [0, 0.1) is 0 Å². The number of amides is 1. The summed E-state index contributed by atoms with van der Waals surface area (Å²) in [6.07, 6.45) is 1.51. The SMILES string of the molecule is CN1CCc2c(cc(-c3cnc4[nH]cc(-c5ccc(C(=O)N(C)C)cc5)c4n3)cc2C(F)F)C1. The minimum atomic E-state index is -2.54. The van der Waals surface area contributed by atoms with Crippen LogP contribution in [0.5, 0.6) is 0 Å². The number of aromatic nitrogens is 3. The van der Waals surface area contributed by atoms with Crippen LogP contribution in [0.25, 0.3) is 33.5 Å². The number of hydrogen-bond acceptors (Lipinski definition) is 4. The van der Waals surface area contributed by atoms with Crippen molar-refractivity contribution < 1.29 is 13.6 Å². The van der Waals surface area contributed by atoms with Crippen molar-refractivity contribution in [3.63, 3.8) is 0 Å². The van der Waals surface area contributed by atoms with Crippen molar-refractivity contribution in [2.45, 2.75) is 19.4 Å². The summed E-state index contributed by atoms with van der Waals surface area (Å²) in [6, 6.07) is 10.8. The summed E-state index contributed by atoms with van der Waals surface area (Å²) in [5, 5.41) is 0. The monoisotopic (exact) mass is 461 g/mol. The van der Waals surface area contributed by atoms with Crippen LogP contribution in [0.2, 0.25) is 0 Å². The average Bonchev–Trinajstić information content (AvgIpc) is 3.25. The first kappa shape index (κ1) is 22.2. The number of carbonyl (C=O) groups is 1. The third-order valence-corrected chi connectivity index (χ3v) is 6.32. The normalized spacial score (nSPS) is 13.9. The minimum Gasteiger partial charge on any atom is -0.345 e. The lowest BCUT2D eigenvalue weighted by Gasteiger charge is -2.27. The molecule has 6 nitrogen and oxygen atoms in total. The standard InChI is InChI=1S/C26H25F2N5O/c1-32(2)26(34)16-6-4-15(5-7-16)21-12-29-25-23(21)31-22(13-30-25)17-10-18-14-33(3)9-8-19(18)20(11-17)24(27)28/h4-7,10-13,24H,8-9,14H2,1-3H3,(H,29,30). The molecule has 0 fully saturated rings. The Morgan fingerprint density at radius 3 is 2.62 bits per heavy atom. The molecule has 0 aliphatic carbocycles. The Hall–Kier alpha value is -3.65. The summed E-state index contributed by atoms with van der Waals surface area (Å²) in [4.78, 5) is 28.3. The van der Waals surface area contributed by atoms with E-state index in [0.717, 1.165) is 28.8 Å². The summed E-state index contributed by atoms with van der Waals surface area (Å²) in [5.74, 6) is -0.0690. The predicted octanol–water partition coefficient (Wildman–Crippen LogP) is 4.92. The van der Waals surface area contributed by atoms with Crippen LogP contribution in [0.1, 0.15) is 33.5 Å². The second-order valence-electron chi connectivity index (χ2n) is 8.92. The number of aromatic amines is 1. The van der Waals surface area contributed by atoms with Gasteiger partial charge >= 0.3 is 0 Å². The average molecular weight is 462 g/mol. The largest absolute Gasteiger partial charge is 0.345 e. The smallest absolute Gasteiger partial charge is 0.264 e. The lowest BCUT2D eigenvalue weighted by atomic mass is 9.91. The first-order valence-electron chi connectivity index (χ1n) is 11.1. The maximum atomic E-state index is 13.9. The van der Waals surface area contributed by atoms with Crippen LogP contribution in [-0.2, 0) is 13.0 Å². The number of carbonyl (C=O) groups excluding carboxylic acids is 1. The van der Waals surface area contributed by atoms with E-state index in [-0.39, 0.29) is 11.5 Å². The molecule has 3 heterocycles. The molecule has 0 bridgehead atoms. The van der Waals surface area contributed by atoms with Crippen molar-refractivity contribution in [2.24, 2.45) is 0 Å². The molecule has 1 N–H and O–H groups in total. The molecular weight excluding hydrogens is 436 g/mol. The van der Waals surface area contributed by atoms with E-state index in [1.54, 1.807) is 38.5 Å². The summed E-state index contributed by atoms with van der Waals surface area (Å²) in [7, 11) is 5.42. The summed E-state index contributed by atoms with van der Waals surface area (Å²) in [5.41, 5.74) is 6.50. The molecule has 0 atom stereocenters. The number of fused-ring (bicyclic) bond motifs is 2. The Morgan fingerprint density at radius 2 is 1.91 bits per heavy atom. The Kier molecular flexibility index (Phi) is 5.61. The Labute approximate surface area is 196 Å². The van der Waals surface area contributed by atoms with Gasteiger partial charge in [0.1, 0.15) is 5.52 Å². The molecule has 0 saturated heterocycles. The molecular formula is C26H25F2N5O. The van der Waals surface area contributed by atoms with Crippen LogP contribution in [0.3, 0.4) is 0 Å². The molecule has 4 aromatic rings. The zero-order valence-corrected chi connectivity index (χ0v) is 19.3. The van der Waals surface area contributed by atoms with Crippen molar-refractivity contribution in [1.82, 2.24) is 24.8 Å². The zero-order valence-electron chi connectivity index (χ0n) is 19.3. The molecule has 5 rings (SSSR count). The molecule has 174 valence electrons.